The fraction of sp³-hybridized carbons (Fsp3) is 0.312. The van der Waals surface area contributed by atoms with Crippen LogP contribution in [0.15, 0.2) is 30.5 Å². The minimum Gasteiger partial charge on any atom is -0.340 e. The predicted octanol–water partition coefficient (Wildman–Crippen LogP) is 2.09. The van der Waals surface area contributed by atoms with Crippen molar-refractivity contribution in [1.82, 2.24) is 15.1 Å². The lowest BCUT2D eigenvalue weighted by molar-refractivity contribution is -0.118. The molecule has 1 unspecified atom stereocenters. The van der Waals surface area contributed by atoms with E-state index in [0.29, 0.717) is 5.82 Å². The Labute approximate surface area is 137 Å². The average molecular weight is 336 g/mol. The topological polar surface area (TPSA) is 76.0 Å². The Morgan fingerprint density at radius 2 is 1.79 bits per heavy atom. The van der Waals surface area contributed by atoms with Crippen molar-refractivity contribution in [3.8, 4) is 0 Å². The van der Waals surface area contributed by atoms with E-state index in [9.17, 15) is 18.4 Å². The Balaban J connectivity index is 2.16. The van der Waals surface area contributed by atoms with Gasteiger partial charge < -0.3 is 10.6 Å². The largest absolute Gasteiger partial charge is 0.340 e. The van der Waals surface area contributed by atoms with E-state index in [1.165, 1.54) is 4.68 Å². The Morgan fingerprint density at radius 3 is 2.29 bits per heavy atom. The molecule has 1 aromatic heterocycles. The van der Waals surface area contributed by atoms with Crippen molar-refractivity contribution >= 4 is 17.6 Å². The van der Waals surface area contributed by atoms with Gasteiger partial charge in [-0.1, -0.05) is 19.9 Å². The minimum absolute atomic E-state index is 0.299. The lowest BCUT2D eigenvalue weighted by Crippen LogP contribution is -2.47. The minimum atomic E-state index is -0.986. The summed E-state index contributed by atoms with van der Waals surface area (Å²) in [5.41, 5.74) is -0.714. The maximum atomic E-state index is 13.7. The van der Waals surface area contributed by atoms with Crippen LogP contribution in [-0.2, 0) is 11.8 Å². The normalized spacial score (nSPS) is 12.1. The highest BCUT2D eigenvalue weighted by atomic mass is 19.1. The highest BCUT2D eigenvalue weighted by molar-refractivity contribution is 6.01. The molecule has 0 fully saturated rings. The standard InChI is InChI=1S/C16H18F2N4O2/c1-9(2)14(16(24)19-12-7-8-22(3)21-12)20-15(23)13-10(17)5-4-6-11(13)18/h4-9,14H,1-3H3,(H,20,23)(H,19,21,24). The number of halogens is 2. The molecule has 0 saturated heterocycles. The second-order valence-corrected chi connectivity index (χ2v) is 5.66. The summed E-state index contributed by atoms with van der Waals surface area (Å²) in [6, 6.07) is 3.74. The van der Waals surface area contributed by atoms with Gasteiger partial charge in [0.2, 0.25) is 5.91 Å². The summed E-state index contributed by atoms with van der Waals surface area (Å²) < 4.78 is 28.9. The third-order valence-corrected chi connectivity index (χ3v) is 3.39. The molecule has 6 nitrogen and oxygen atoms in total. The molecule has 0 aliphatic carbocycles. The van der Waals surface area contributed by atoms with E-state index in [1.54, 1.807) is 33.2 Å². The van der Waals surface area contributed by atoms with Crippen LogP contribution in [-0.4, -0.2) is 27.6 Å². The number of amides is 2. The summed E-state index contributed by atoms with van der Waals surface area (Å²) in [4.78, 5) is 24.5. The summed E-state index contributed by atoms with van der Waals surface area (Å²) in [5.74, 6) is -3.46. The van der Waals surface area contributed by atoms with E-state index in [1.807, 2.05) is 0 Å². The van der Waals surface area contributed by atoms with E-state index in [2.05, 4.69) is 15.7 Å². The maximum absolute atomic E-state index is 13.7. The van der Waals surface area contributed by atoms with Crippen LogP contribution in [0.25, 0.3) is 0 Å². The van der Waals surface area contributed by atoms with Crippen LogP contribution in [0.2, 0.25) is 0 Å². The molecule has 0 bridgehead atoms. The highest BCUT2D eigenvalue weighted by Gasteiger charge is 2.27. The van der Waals surface area contributed by atoms with E-state index in [-0.39, 0.29) is 5.92 Å². The van der Waals surface area contributed by atoms with Gasteiger partial charge >= 0.3 is 0 Å². The third kappa shape index (κ3) is 3.95. The first-order valence-electron chi connectivity index (χ1n) is 7.35. The van der Waals surface area contributed by atoms with Gasteiger partial charge in [0.05, 0.1) is 0 Å². The van der Waals surface area contributed by atoms with E-state index < -0.39 is 35.1 Å². The van der Waals surface area contributed by atoms with Crippen LogP contribution in [0.4, 0.5) is 14.6 Å². The van der Waals surface area contributed by atoms with E-state index in [4.69, 9.17) is 0 Å². The fourth-order valence-electron chi connectivity index (χ4n) is 2.15. The molecule has 0 radical (unpaired) electrons. The lowest BCUT2D eigenvalue weighted by atomic mass is 10.0. The Morgan fingerprint density at radius 1 is 1.17 bits per heavy atom. The number of rotatable bonds is 5. The summed E-state index contributed by atoms with van der Waals surface area (Å²) in [6.07, 6.45) is 1.65. The van der Waals surface area contributed by atoms with Crippen LogP contribution >= 0.6 is 0 Å². The number of aryl methyl sites for hydroxylation is 1. The summed E-state index contributed by atoms with van der Waals surface area (Å²) in [5, 5.41) is 8.94. The molecule has 2 rings (SSSR count). The highest BCUT2D eigenvalue weighted by Crippen LogP contribution is 2.14. The second kappa shape index (κ2) is 7.20. The van der Waals surface area contributed by atoms with Crippen molar-refractivity contribution in [2.24, 2.45) is 13.0 Å². The zero-order chi connectivity index (χ0) is 17.9. The number of nitrogens with one attached hydrogen (secondary N) is 2. The molecule has 2 aromatic rings. The SMILES string of the molecule is CC(C)C(NC(=O)c1c(F)cccc1F)C(=O)Nc1ccn(C)n1. The predicted molar refractivity (Wildman–Crippen MR) is 84.3 cm³/mol. The van der Waals surface area contributed by atoms with Gasteiger partial charge in [0.25, 0.3) is 5.91 Å². The molecule has 1 atom stereocenters. The molecule has 2 amide bonds. The van der Waals surface area contributed by atoms with Gasteiger partial charge in [-0.2, -0.15) is 5.10 Å². The first kappa shape index (κ1) is 17.6. The van der Waals surface area contributed by atoms with Crippen LogP contribution in [0.3, 0.4) is 0 Å². The van der Waals surface area contributed by atoms with Gasteiger partial charge in [-0.3, -0.25) is 14.3 Å². The molecule has 1 aromatic carbocycles. The molecule has 0 spiro atoms. The summed E-state index contributed by atoms with van der Waals surface area (Å²) in [7, 11) is 1.69. The van der Waals surface area contributed by atoms with Crippen molar-refractivity contribution in [3.63, 3.8) is 0 Å². The summed E-state index contributed by atoms with van der Waals surface area (Å²) >= 11 is 0. The number of benzene rings is 1. The molecule has 2 N–H and O–H groups in total. The van der Waals surface area contributed by atoms with Crippen LogP contribution in [0.5, 0.6) is 0 Å². The summed E-state index contributed by atoms with van der Waals surface area (Å²) in [6.45, 7) is 3.42. The Bertz CT molecular complexity index is 738. The molecule has 128 valence electrons. The van der Waals surface area contributed by atoms with Crippen molar-refractivity contribution in [2.75, 3.05) is 5.32 Å². The van der Waals surface area contributed by atoms with Crippen molar-refractivity contribution in [1.29, 1.82) is 0 Å². The smallest absolute Gasteiger partial charge is 0.257 e. The van der Waals surface area contributed by atoms with Crippen molar-refractivity contribution in [3.05, 3.63) is 47.7 Å². The number of carbonyl (C=O) groups excluding carboxylic acids is 2. The molecule has 1 heterocycles. The van der Waals surface area contributed by atoms with E-state index in [0.717, 1.165) is 18.2 Å². The zero-order valence-corrected chi connectivity index (χ0v) is 13.5. The molecular formula is C16H18F2N4O2. The van der Waals surface area contributed by atoms with Gasteiger partial charge in [0.1, 0.15) is 23.2 Å². The van der Waals surface area contributed by atoms with Gasteiger partial charge in [-0.05, 0) is 18.1 Å². The monoisotopic (exact) mass is 336 g/mol. The fourth-order valence-corrected chi connectivity index (χ4v) is 2.15. The quantitative estimate of drug-likeness (QED) is 0.878. The van der Waals surface area contributed by atoms with Crippen LogP contribution < -0.4 is 10.6 Å². The lowest BCUT2D eigenvalue weighted by Gasteiger charge is -2.21. The van der Waals surface area contributed by atoms with Gasteiger partial charge in [-0.25, -0.2) is 8.78 Å². The number of hydrogen-bond acceptors (Lipinski definition) is 3. The number of aromatic nitrogens is 2. The number of nitrogens with zero attached hydrogens (tertiary/aromatic N) is 2. The Kier molecular flexibility index (Phi) is 5.28. The van der Waals surface area contributed by atoms with Gasteiger partial charge in [0, 0.05) is 19.3 Å². The molecule has 0 aliphatic heterocycles. The first-order valence-corrected chi connectivity index (χ1v) is 7.35. The van der Waals surface area contributed by atoms with Crippen molar-refractivity contribution < 1.29 is 18.4 Å². The van der Waals surface area contributed by atoms with Gasteiger partial charge in [-0.15, -0.1) is 0 Å². The average Bonchev–Trinajstić information content (AvgIpc) is 2.89. The van der Waals surface area contributed by atoms with Crippen LogP contribution in [0, 0.1) is 17.6 Å². The van der Waals surface area contributed by atoms with Crippen LogP contribution in [0.1, 0.15) is 24.2 Å². The third-order valence-electron chi connectivity index (χ3n) is 3.39. The first-order chi connectivity index (χ1) is 11.3. The molecule has 0 saturated carbocycles. The van der Waals surface area contributed by atoms with Crippen molar-refractivity contribution in [2.45, 2.75) is 19.9 Å². The molecule has 0 aliphatic rings. The Hall–Kier alpha value is -2.77. The molecule has 8 heteroatoms. The molecular weight excluding hydrogens is 318 g/mol. The van der Waals surface area contributed by atoms with E-state index >= 15 is 0 Å². The molecule has 24 heavy (non-hydrogen) atoms. The number of carbonyl (C=O) groups is 2. The van der Waals surface area contributed by atoms with Gasteiger partial charge in [0.15, 0.2) is 5.82 Å². The maximum Gasteiger partial charge on any atom is 0.257 e. The second-order valence-electron chi connectivity index (χ2n) is 5.66. The number of hydrogen-bond donors (Lipinski definition) is 2. The number of anilines is 1. The zero-order valence-electron chi connectivity index (χ0n) is 13.5.